The van der Waals surface area contributed by atoms with Gasteiger partial charge in [0.15, 0.2) is 0 Å². The summed E-state index contributed by atoms with van der Waals surface area (Å²) in [6.45, 7) is 1.97. The van der Waals surface area contributed by atoms with Crippen molar-refractivity contribution in [3.05, 3.63) is 68.5 Å². The molecule has 1 aromatic heterocycles. The van der Waals surface area contributed by atoms with E-state index < -0.39 is 0 Å². The molecule has 0 unspecified atom stereocenters. The summed E-state index contributed by atoms with van der Waals surface area (Å²) >= 11 is 13.4. The number of thiazole rings is 1. The molecule has 0 aliphatic rings. The first-order valence-corrected chi connectivity index (χ1v) is 8.45. The Morgan fingerprint density at radius 1 is 1.09 bits per heavy atom. The Kier molecular flexibility index (Phi) is 4.66. The summed E-state index contributed by atoms with van der Waals surface area (Å²) in [5.74, 6) is -0.235. The lowest BCUT2D eigenvalue weighted by Crippen LogP contribution is -2.11. The van der Waals surface area contributed by atoms with Crippen molar-refractivity contribution >= 4 is 46.1 Å². The van der Waals surface area contributed by atoms with Crippen LogP contribution in [-0.2, 0) is 0 Å². The fraction of sp³-hybridized carbons (Fsp3) is 0.0588. The summed E-state index contributed by atoms with van der Waals surface area (Å²) < 4.78 is 0. The molecule has 1 heterocycles. The first-order valence-electron chi connectivity index (χ1n) is 6.82. The minimum absolute atomic E-state index is 0.235. The van der Waals surface area contributed by atoms with Crippen molar-refractivity contribution in [1.82, 2.24) is 4.98 Å². The van der Waals surface area contributed by atoms with Crippen LogP contribution in [0.3, 0.4) is 0 Å². The molecule has 0 atom stereocenters. The number of hydrogen-bond acceptors (Lipinski definition) is 3. The number of carbonyl (C=O) groups is 1. The number of aryl methyl sites for hydroxylation is 1. The maximum atomic E-state index is 12.2. The molecule has 3 rings (SSSR count). The molecular formula is C17H12Cl2N2OS. The Hall–Kier alpha value is -1.88. The third-order valence-electron chi connectivity index (χ3n) is 3.24. The summed E-state index contributed by atoms with van der Waals surface area (Å²) in [5.41, 5.74) is 3.12. The van der Waals surface area contributed by atoms with Crippen LogP contribution in [0.25, 0.3) is 11.3 Å². The van der Waals surface area contributed by atoms with Crippen molar-refractivity contribution in [1.29, 1.82) is 0 Å². The van der Waals surface area contributed by atoms with Gasteiger partial charge in [-0.05, 0) is 37.3 Å². The van der Waals surface area contributed by atoms with E-state index in [0.717, 1.165) is 16.3 Å². The molecule has 1 N–H and O–H groups in total. The van der Waals surface area contributed by atoms with Gasteiger partial charge in [-0.25, -0.2) is 4.98 Å². The SMILES string of the molecule is Cc1nc(-c2ccc(NC(=O)c3ccc(Cl)c(Cl)c3)cc2)cs1. The zero-order valence-corrected chi connectivity index (χ0v) is 14.5. The van der Waals surface area contributed by atoms with Crippen LogP contribution in [0.4, 0.5) is 5.69 Å². The van der Waals surface area contributed by atoms with Crippen LogP contribution in [0, 0.1) is 6.92 Å². The van der Waals surface area contributed by atoms with Gasteiger partial charge in [0.2, 0.25) is 0 Å². The second-order valence-electron chi connectivity index (χ2n) is 4.91. The molecule has 0 fully saturated rings. The molecule has 6 heteroatoms. The third-order valence-corrected chi connectivity index (χ3v) is 4.75. The minimum atomic E-state index is -0.235. The van der Waals surface area contributed by atoms with Gasteiger partial charge in [0.1, 0.15) is 0 Å². The molecule has 0 radical (unpaired) electrons. The van der Waals surface area contributed by atoms with E-state index in [9.17, 15) is 4.79 Å². The van der Waals surface area contributed by atoms with E-state index in [1.165, 1.54) is 0 Å². The summed E-state index contributed by atoms with van der Waals surface area (Å²) in [4.78, 5) is 16.7. The van der Waals surface area contributed by atoms with Crippen LogP contribution in [0.15, 0.2) is 47.8 Å². The van der Waals surface area contributed by atoms with E-state index in [0.29, 0.717) is 21.3 Å². The highest BCUT2D eigenvalue weighted by atomic mass is 35.5. The molecular weight excluding hydrogens is 351 g/mol. The van der Waals surface area contributed by atoms with Crippen LogP contribution in [0.5, 0.6) is 0 Å². The number of benzene rings is 2. The van der Waals surface area contributed by atoms with Gasteiger partial charge in [0.25, 0.3) is 5.91 Å². The van der Waals surface area contributed by atoms with Crippen molar-refractivity contribution < 1.29 is 4.79 Å². The second kappa shape index (κ2) is 6.71. The molecule has 1 amide bonds. The molecule has 0 saturated carbocycles. The highest BCUT2D eigenvalue weighted by Gasteiger charge is 2.09. The van der Waals surface area contributed by atoms with Crippen molar-refractivity contribution in [2.24, 2.45) is 0 Å². The lowest BCUT2D eigenvalue weighted by atomic mass is 10.1. The molecule has 23 heavy (non-hydrogen) atoms. The molecule has 3 aromatic rings. The van der Waals surface area contributed by atoms with Gasteiger partial charge in [0.05, 0.1) is 20.7 Å². The molecule has 0 spiro atoms. The molecule has 0 aliphatic heterocycles. The Balaban J connectivity index is 1.75. The quantitative estimate of drug-likeness (QED) is 0.651. The fourth-order valence-electron chi connectivity index (χ4n) is 2.06. The normalized spacial score (nSPS) is 10.6. The summed E-state index contributed by atoms with van der Waals surface area (Å²) in [7, 11) is 0. The van der Waals surface area contributed by atoms with Gasteiger partial charge in [-0.3, -0.25) is 4.79 Å². The average Bonchev–Trinajstić information content (AvgIpc) is 2.97. The van der Waals surface area contributed by atoms with Crippen LogP contribution in [0.1, 0.15) is 15.4 Å². The number of aromatic nitrogens is 1. The predicted molar refractivity (Wildman–Crippen MR) is 96.7 cm³/mol. The van der Waals surface area contributed by atoms with E-state index in [1.807, 2.05) is 36.6 Å². The van der Waals surface area contributed by atoms with E-state index in [2.05, 4.69) is 10.3 Å². The zero-order valence-electron chi connectivity index (χ0n) is 12.1. The number of carbonyl (C=O) groups excluding carboxylic acids is 1. The molecule has 2 aromatic carbocycles. The van der Waals surface area contributed by atoms with E-state index in [4.69, 9.17) is 23.2 Å². The molecule has 3 nitrogen and oxygen atoms in total. The van der Waals surface area contributed by atoms with Gasteiger partial charge >= 0.3 is 0 Å². The maximum absolute atomic E-state index is 12.2. The molecule has 116 valence electrons. The Morgan fingerprint density at radius 3 is 2.43 bits per heavy atom. The third kappa shape index (κ3) is 3.72. The number of halogens is 2. The van der Waals surface area contributed by atoms with Crippen LogP contribution in [0.2, 0.25) is 10.0 Å². The molecule has 0 aliphatic carbocycles. The van der Waals surface area contributed by atoms with Crippen molar-refractivity contribution in [2.75, 3.05) is 5.32 Å². The van der Waals surface area contributed by atoms with Gasteiger partial charge in [-0.1, -0.05) is 35.3 Å². The number of hydrogen-bond donors (Lipinski definition) is 1. The Morgan fingerprint density at radius 2 is 1.83 bits per heavy atom. The van der Waals surface area contributed by atoms with Crippen LogP contribution in [-0.4, -0.2) is 10.9 Å². The number of rotatable bonds is 3. The second-order valence-corrected chi connectivity index (χ2v) is 6.79. The van der Waals surface area contributed by atoms with Crippen molar-refractivity contribution in [3.63, 3.8) is 0 Å². The topological polar surface area (TPSA) is 42.0 Å². The van der Waals surface area contributed by atoms with E-state index in [-0.39, 0.29) is 5.91 Å². The van der Waals surface area contributed by atoms with Crippen molar-refractivity contribution in [3.8, 4) is 11.3 Å². The first kappa shape index (κ1) is 16.0. The fourth-order valence-corrected chi connectivity index (χ4v) is 2.98. The number of nitrogens with zero attached hydrogens (tertiary/aromatic N) is 1. The maximum Gasteiger partial charge on any atom is 0.255 e. The van der Waals surface area contributed by atoms with Crippen molar-refractivity contribution in [2.45, 2.75) is 6.92 Å². The Bertz CT molecular complexity index is 859. The van der Waals surface area contributed by atoms with Gasteiger partial charge < -0.3 is 5.32 Å². The number of nitrogens with one attached hydrogen (secondary N) is 1. The number of anilines is 1. The lowest BCUT2D eigenvalue weighted by molar-refractivity contribution is 0.102. The summed E-state index contributed by atoms with van der Waals surface area (Å²) in [6, 6.07) is 12.3. The first-order chi connectivity index (χ1) is 11.0. The zero-order chi connectivity index (χ0) is 16.4. The van der Waals surface area contributed by atoms with E-state index in [1.54, 1.807) is 29.5 Å². The van der Waals surface area contributed by atoms with Gasteiger partial charge in [-0.15, -0.1) is 11.3 Å². The summed E-state index contributed by atoms with van der Waals surface area (Å²) in [6.07, 6.45) is 0. The van der Waals surface area contributed by atoms with Gasteiger partial charge in [0, 0.05) is 22.2 Å². The average molecular weight is 363 g/mol. The highest BCUT2D eigenvalue weighted by Crippen LogP contribution is 2.25. The van der Waals surface area contributed by atoms with E-state index >= 15 is 0 Å². The van der Waals surface area contributed by atoms with Gasteiger partial charge in [-0.2, -0.15) is 0 Å². The monoisotopic (exact) mass is 362 g/mol. The standard InChI is InChI=1S/C17H12Cl2N2OS/c1-10-20-16(9-23-10)11-2-5-13(6-3-11)21-17(22)12-4-7-14(18)15(19)8-12/h2-9H,1H3,(H,21,22). The molecule has 0 saturated heterocycles. The Labute approximate surface area is 147 Å². The summed E-state index contributed by atoms with van der Waals surface area (Å²) in [5, 5.41) is 6.65. The number of amides is 1. The largest absolute Gasteiger partial charge is 0.322 e. The lowest BCUT2D eigenvalue weighted by Gasteiger charge is -2.07. The van der Waals surface area contributed by atoms with Crippen LogP contribution >= 0.6 is 34.5 Å². The van der Waals surface area contributed by atoms with Crippen LogP contribution < -0.4 is 5.32 Å². The smallest absolute Gasteiger partial charge is 0.255 e. The predicted octanol–water partition coefficient (Wildman–Crippen LogP) is 5.68. The highest BCUT2D eigenvalue weighted by molar-refractivity contribution is 7.09. The minimum Gasteiger partial charge on any atom is -0.322 e. The molecule has 0 bridgehead atoms.